The molecule has 0 aliphatic carbocycles. The van der Waals surface area contributed by atoms with Gasteiger partial charge in [-0.15, -0.1) is 0 Å². The third kappa shape index (κ3) is 12.3. The van der Waals surface area contributed by atoms with E-state index in [0.29, 0.717) is 25.1 Å². The number of carbonyl (C=O) groups excluding carboxylic acids is 3. The Hall–Kier alpha value is -3.52. The van der Waals surface area contributed by atoms with Gasteiger partial charge in [0.05, 0.1) is 12.4 Å². The van der Waals surface area contributed by atoms with Crippen LogP contribution in [0.5, 0.6) is 0 Å². The van der Waals surface area contributed by atoms with Gasteiger partial charge in [-0.3, -0.25) is 19.2 Å². The zero-order valence-electron chi connectivity index (χ0n) is 21.2. The summed E-state index contributed by atoms with van der Waals surface area (Å²) in [5.74, 6) is -4.61. The molecule has 14 nitrogen and oxygen atoms in total. The molecule has 4 atom stereocenters. The van der Waals surface area contributed by atoms with Crippen LogP contribution in [0.25, 0.3) is 0 Å². The molecule has 0 radical (unpaired) electrons. The molecule has 3 amide bonds. The summed E-state index contributed by atoms with van der Waals surface area (Å²) in [4.78, 5) is 68.0. The number of amides is 3. The van der Waals surface area contributed by atoms with Gasteiger partial charge in [0, 0.05) is 24.7 Å². The number of nitrogens with zero attached hydrogens (tertiary/aromatic N) is 1. The Balaban J connectivity index is 2.95. The van der Waals surface area contributed by atoms with E-state index in [-0.39, 0.29) is 31.6 Å². The van der Waals surface area contributed by atoms with Crippen LogP contribution in [-0.2, 0) is 30.4 Å². The van der Waals surface area contributed by atoms with E-state index in [0.717, 1.165) is 0 Å². The Morgan fingerprint density at radius 3 is 2.11 bits per heavy atom. The molecule has 1 heterocycles. The number of carboxylic acids is 2. The Labute approximate surface area is 215 Å². The van der Waals surface area contributed by atoms with Crippen LogP contribution < -0.4 is 27.4 Å². The van der Waals surface area contributed by atoms with Crippen molar-refractivity contribution >= 4 is 29.7 Å². The molecule has 0 aromatic carbocycles. The maximum absolute atomic E-state index is 13.1. The van der Waals surface area contributed by atoms with Gasteiger partial charge in [-0.2, -0.15) is 0 Å². The Morgan fingerprint density at radius 1 is 0.946 bits per heavy atom. The summed E-state index contributed by atoms with van der Waals surface area (Å²) in [5.41, 5.74) is 12.0. The lowest BCUT2D eigenvalue weighted by atomic mass is 10.0. The van der Waals surface area contributed by atoms with Crippen LogP contribution in [0, 0.1) is 5.92 Å². The van der Waals surface area contributed by atoms with Crippen LogP contribution in [0.1, 0.15) is 58.1 Å². The first-order chi connectivity index (χ1) is 17.4. The molecule has 37 heavy (non-hydrogen) atoms. The van der Waals surface area contributed by atoms with Crippen LogP contribution in [0.3, 0.4) is 0 Å². The zero-order valence-corrected chi connectivity index (χ0v) is 21.2. The highest BCUT2D eigenvalue weighted by Crippen LogP contribution is 2.09. The van der Waals surface area contributed by atoms with Crippen LogP contribution in [0.15, 0.2) is 12.5 Å². The second-order valence-electron chi connectivity index (χ2n) is 9.26. The number of hydrogen-bond donors (Lipinski definition) is 8. The lowest BCUT2D eigenvalue weighted by molar-refractivity contribution is -0.143. The van der Waals surface area contributed by atoms with Gasteiger partial charge in [0.1, 0.15) is 18.1 Å². The maximum atomic E-state index is 13.1. The highest BCUT2D eigenvalue weighted by Gasteiger charge is 2.31. The minimum absolute atomic E-state index is 0.0230. The summed E-state index contributed by atoms with van der Waals surface area (Å²) in [6.07, 6.45) is 3.78. The summed E-state index contributed by atoms with van der Waals surface area (Å²) in [6.45, 7) is 4.04. The van der Waals surface area contributed by atoms with E-state index in [1.807, 2.05) is 13.8 Å². The molecule has 0 spiro atoms. The number of nitrogens with one attached hydrogen (secondary N) is 4. The molecular weight excluding hydrogens is 486 g/mol. The highest BCUT2D eigenvalue weighted by molar-refractivity contribution is 5.94. The molecule has 1 rings (SSSR count). The molecule has 0 fully saturated rings. The first-order valence-electron chi connectivity index (χ1n) is 12.2. The Morgan fingerprint density at radius 2 is 1.57 bits per heavy atom. The van der Waals surface area contributed by atoms with Crippen molar-refractivity contribution < 1.29 is 34.2 Å². The largest absolute Gasteiger partial charge is 0.481 e. The van der Waals surface area contributed by atoms with Crippen molar-refractivity contribution in [3.8, 4) is 0 Å². The van der Waals surface area contributed by atoms with E-state index in [1.165, 1.54) is 12.5 Å². The minimum atomic E-state index is -1.33. The highest BCUT2D eigenvalue weighted by atomic mass is 16.4. The number of H-pyrrole nitrogens is 1. The van der Waals surface area contributed by atoms with Gasteiger partial charge >= 0.3 is 11.9 Å². The SMILES string of the molecule is CC(C)CC(NC(=O)C(N)Cc1cnc[nH]1)C(=O)NC(CCC(=O)O)C(=O)NC(CCCCN)C(=O)O. The lowest BCUT2D eigenvalue weighted by Gasteiger charge is -2.26. The van der Waals surface area contributed by atoms with Gasteiger partial charge in [0.2, 0.25) is 17.7 Å². The number of aliphatic carboxylic acids is 2. The fraction of sp³-hybridized carbons (Fsp3) is 0.652. The fourth-order valence-electron chi connectivity index (χ4n) is 3.54. The number of rotatable bonds is 18. The average Bonchev–Trinajstić information content (AvgIpc) is 3.32. The molecule has 0 aliphatic heterocycles. The fourth-order valence-corrected chi connectivity index (χ4v) is 3.54. The summed E-state index contributed by atoms with van der Waals surface area (Å²) < 4.78 is 0. The molecule has 1 aromatic heterocycles. The molecular formula is C23H39N7O7. The van der Waals surface area contributed by atoms with Crippen molar-refractivity contribution in [2.75, 3.05) is 6.54 Å². The molecule has 0 aliphatic rings. The van der Waals surface area contributed by atoms with Gasteiger partial charge < -0.3 is 42.6 Å². The van der Waals surface area contributed by atoms with Gasteiger partial charge in [-0.25, -0.2) is 9.78 Å². The number of aromatic nitrogens is 2. The predicted octanol–water partition coefficient (Wildman–Crippen LogP) is -1.14. The van der Waals surface area contributed by atoms with Crippen LogP contribution in [0.2, 0.25) is 0 Å². The normalized spacial score (nSPS) is 14.3. The monoisotopic (exact) mass is 525 g/mol. The van der Waals surface area contributed by atoms with E-state index < -0.39 is 60.2 Å². The number of carbonyl (C=O) groups is 5. The standard InChI is InChI=1S/C23H39N7O7/c1-13(2)9-18(30-20(33)15(25)10-14-11-26-12-27-14)22(35)28-16(6-7-19(31)32)21(34)29-17(23(36)37)5-3-4-8-24/h11-13,15-18H,3-10,24-25H2,1-2H3,(H,26,27)(H,28,35)(H,29,34)(H,30,33)(H,31,32)(H,36,37). The van der Waals surface area contributed by atoms with E-state index in [2.05, 4.69) is 25.9 Å². The summed E-state index contributed by atoms with van der Waals surface area (Å²) in [6, 6.07) is -4.58. The summed E-state index contributed by atoms with van der Waals surface area (Å²) in [7, 11) is 0. The second-order valence-corrected chi connectivity index (χ2v) is 9.26. The van der Waals surface area contributed by atoms with Crippen molar-refractivity contribution in [2.45, 2.75) is 83.0 Å². The molecule has 0 saturated heterocycles. The summed E-state index contributed by atoms with van der Waals surface area (Å²) in [5, 5.41) is 26.0. The Bertz CT molecular complexity index is 892. The lowest BCUT2D eigenvalue weighted by Crippen LogP contribution is -2.57. The quantitative estimate of drug-likeness (QED) is 0.107. The van der Waals surface area contributed by atoms with Gasteiger partial charge in [0.15, 0.2) is 0 Å². The van der Waals surface area contributed by atoms with Crippen LogP contribution >= 0.6 is 0 Å². The van der Waals surface area contributed by atoms with Gasteiger partial charge in [-0.05, 0) is 44.6 Å². The predicted molar refractivity (Wildman–Crippen MR) is 133 cm³/mol. The van der Waals surface area contributed by atoms with Crippen molar-refractivity contribution in [1.29, 1.82) is 0 Å². The Kier molecular flexibility index (Phi) is 13.9. The number of aromatic amines is 1. The first kappa shape index (κ1) is 31.5. The second kappa shape index (κ2) is 16.3. The van der Waals surface area contributed by atoms with E-state index in [1.54, 1.807) is 0 Å². The first-order valence-corrected chi connectivity index (χ1v) is 12.2. The number of unbranched alkanes of at least 4 members (excludes halogenated alkanes) is 1. The van der Waals surface area contributed by atoms with Gasteiger partial charge in [0.25, 0.3) is 0 Å². The van der Waals surface area contributed by atoms with Gasteiger partial charge in [-0.1, -0.05) is 13.8 Å². The maximum Gasteiger partial charge on any atom is 0.326 e. The molecule has 0 bridgehead atoms. The molecule has 0 saturated carbocycles. The molecule has 1 aromatic rings. The zero-order chi connectivity index (χ0) is 28.0. The number of carboxylic acid groups (broad SMARTS) is 2. The van der Waals surface area contributed by atoms with Crippen molar-refractivity contribution in [1.82, 2.24) is 25.9 Å². The number of hydrogen-bond acceptors (Lipinski definition) is 8. The molecule has 208 valence electrons. The van der Waals surface area contributed by atoms with Crippen molar-refractivity contribution in [3.05, 3.63) is 18.2 Å². The van der Waals surface area contributed by atoms with E-state index in [4.69, 9.17) is 16.6 Å². The average molecular weight is 526 g/mol. The minimum Gasteiger partial charge on any atom is -0.481 e. The number of imidazole rings is 1. The van der Waals surface area contributed by atoms with Crippen LogP contribution in [0.4, 0.5) is 0 Å². The third-order valence-electron chi connectivity index (χ3n) is 5.51. The molecule has 4 unspecified atom stereocenters. The van der Waals surface area contributed by atoms with Crippen LogP contribution in [-0.4, -0.2) is 80.6 Å². The van der Waals surface area contributed by atoms with Crippen molar-refractivity contribution in [2.24, 2.45) is 17.4 Å². The smallest absolute Gasteiger partial charge is 0.326 e. The molecule has 14 heteroatoms. The summed E-state index contributed by atoms with van der Waals surface area (Å²) >= 11 is 0. The third-order valence-corrected chi connectivity index (χ3v) is 5.51. The molecule has 10 N–H and O–H groups in total. The number of nitrogens with two attached hydrogens (primary N) is 2. The van der Waals surface area contributed by atoms with E-state index in [9.17, 15) is 29.1 Å². The van der Waals surface area contributed by atoms with E-state index >= 15 is 0 Å². The van der Waals surface area contributed by atoms with Crippen molar-refractivity contribution in [3.63, 3.8) is 0 Å². The topological polar surface area (TPSA) is 243 Å².